The molecule has 0 spiro atoms. The van der Waals surface area contributed by atoms with Crippen molar-refractivity contribution < 1.29 is 9.90 Å². The third kappa shape index (κ3) is 3.88. The van der Waals surface area contributed by atoms with Crippen molar-refractivity contribution in [1.29, 1.82) is 0 Å². The van der Waals surface area contributed by atoms with E-state index in [0.29, 0.717) is 11.1 Å². The van der Waals surface area contributed by atoms with Gasteiger partial charge in [-0.15, -0.1) is 0 Å². The van der Waals surface area contributed by atoms with Crippen LogP contribution in [0.15, 0.2) is 71.8 Å². The zero-order valence-corrected chi connectivity index (χ0v) is 15.6. The van der Waals surface area contributed by atoms with Crippen molar-refractivity contribution in [2.75, 3.05) is 4.90 Å². The number of phenolic OH excluding ortho intramolecular Hbond substituents is 1. The van der Waals surface area contributed by atoms with Crippen molar-refractivity contribution in [2.45, 2.75) is 20.0 Å². The first-order valence-electron chi connectivity index (χ1n) is 9.14. The van der Waals surface area contributed by atoms with Crippen LogP contribution in [0.1, 0.15) is 32.6 Å². The van der Waals surface area contributed by atoms with Crippen LogP contribution in [0.3, 0.4) is 0 Å². The first kappa shape index (κ1) is 17.8. The molecule has 28 heavy (non-hydrogen) atoms. The van der Waals surface area contributed by atoms with Gasteiger partial charge in [0.05, 0.1) is 6.21 Å². The summed E-state index contributed by atoms with van der Waals surface area (Å²) in [6.45, 7) is 3.71. The lowest BCUT2D eigenvalue weighted by Gasteiger charge is -2.17. The van der Waals surface area contributed by atoms with E-state index in [1.54, 1.807) is 24.3 Å². The molecule has 1 aliphatic heterocycles. The number of anilines is 1. The van der Waals surface area contributed by atoms with Crippen molar-refractivity contribution >= 4 is 17.8 Å². The van der Waals surface area contributed by atoms with E-state index in [1.165, 1.54) is 23.0 Å². The van der Waals surface area contributed by atoms with Crippen LogP contribution < -0.4 is 10.3 Å². The highest BCUT2D eigenvalue weighted by molar-refractivity contribution is 5.95. The Morgan fingerprint density at radius 2 is 1.82 bits per heavy atom. The molecule has 0 radical (unpaired) electrons. The first-order chi connectivity index (χ1) is 13.6. The fourth-order valence-corrected chi connectivity index (χ4v) is 3.31. The molecule has 3 aromatic rings. The highest BCUT2D eigenvalue weighted by Gasteiger charge is 2.20. The molecule has 1 heterocycles. The van der Waals surface area contributed by atoms with Crippen molar-refractivity contribution in [3.05, 3.63) is 94.5 Å². The van der Waals surface area contributed by atoms with E-state index in [0.717, 1.165) is 18.7 Å². The van der Waals surface area contributed by atoms with Gasteiger partial charge in [0.15, 0.2) is 0 Å². The molecule has 0 fully saturated rings. The zero-order chi connectivity index (χ0) is 19.5. The number of hydrogen-bond acceptors (Lipinski definition) is 4. The number of nitrogens with one attached hydrogen (secondary N) is 1. The van der Waals surface area contributed by atoms with Gasteiger partial charge in [0.2, 0.25) is 0 Å². The summed E-state index contributed by atoms with van der Waals surface area (Å²) in [5.41, 5.74) is 8.65. The van der Waals surface area contributed by atoms with Crippen LogP contribution in [0.25, 0.3) is 0 Å². The van der Waals surface area contributed by atoms with E-state index in [4.69, 9.17) is 0 Å². The Kier molecular flexibility index (Phi) is 4.81. The van der Waals surface area contributed by atoms with E-state index in [1.807, 2.05) is 18.2 Å². The van der Waals surface area contributed by atoms with Crippen LogP contribution in [-0.2, 0) is 13.1 Å². The Morgan fingerprint density at radius 1 is 1.04 bits per heavy atom. The topological polar surface area (TPSA) is 64.9 Å². The van der Waals surface area contributed by atoms with Crippen LogP contribution in [0.4, 0.5) is 5.69 Å². The minimum atomic E-state index is -0.256. The van der Waals surface area contributed by atoms with Gasteiger partial charge in [-0.25, -0.2) is 5.43 Å². The average Bonchev–Trinajstić information content (AvgIpc) is 3.12. The highest BCUT2D eigenvalue weighted by atomic mass is 16.3. The van der Waals surface area contributed by atoms with Crippen LogP contribution >= 0.6 is 0 Å². The number of phenols is 1. The fraction of sp³-hybridized carbons (Fsp3) is 0.130. The lowest BCUT2D eigenvalue weighted by atomic mass is 10.1. The largest absolute Gasteiger partial charge is 0.508 e. The van der Waals surface area contributed by atoms with Crippen molar-refractivity contribution in [3.63, 3.8) is 0 Å². The third-order valence-electron chi connectivity index (χ3n) is 4.84. The minimum Gasteiger partial charge on any atom is -0.508 e. The minimum absolute atomic E-state index is 0.159. The summed E-state index contributed by atoms with van der Waals surface area (Å²) in [5.74, 6) is -0.0972. The van der Waals surface area contributed by atoms with Gasteiger partial charge in [-0.3, -0.25) is 4.79 Å². The second kappa shape index (κ2) is 7.56. The zero-order valence-electron chi connectivity index (χ0n) is 15.6. The van der Waals surface area contributed by atoms with Crippen LogP contribution in [-0.4, -0.2) is 17.2 Å². The number of hydrogen-bond donors (Lipinski definition) is 2. The van der Waals surface area contributed by atoms with Gasteiger partial charge in [0.1, 0.15) is 5.75 Å². The molecule has 5 nitrogen and oxygen atoms in total. The maximum absolute atomic E-state index is 12.4. The normalized spacial score (nSPS) is 13.0. The van der Waals surface area contributed by atoms with E-state index in [2.05, 4.69) is 46.6 Å². The number of hydrazone groups is 1. The molecule has 0 unspecified atom stereocenters. The molecule has 140 valence electrons. The van der Waals surface area contributed by atoms with E-state index in [-0.39, 0.29) is 11.7 Å². The Morgan fingerprint density at radius 3 is 2.61 bits per heavy atom. The number of amides is 1. The molecule has 5 heteroatoms. The van der Waals surface area contributed by atoms with Crippen LogP contribution in [0.2, 0.25) is 0 Å². The summed E-state index contributed by atoms with van der Waals surface area (Å²) in [5, 5.41) is 13.4. The molecule has 0 atom stereocenters. The molecular formula is C23H21N3O2. The number of carbonyl (C=O) groups is 1. The molecular weight excluding hydrogens is 350 g/mol. The summed E-state index contributed by atoms with van der Waals surface area (Å²) in [7, 11) is 0. The molecule has 1 aliphatic rings. The van der Waals surface area contributed by atoms with Gasteiger partial charge in [-0.2, -0.15) is 5.10 Å². The third-order valence-corrected chi connectivity index (χ3v) is 4.84. The Balaban J connectivity index is 1.43. The van der Waals surface area contributed by atoms with Gasteiger partial charge in [-0.1, -0.05) is 35.9 Å². The Bertz CT molecular complexity index is 1040. The second-order valence-electron chi connectivity index (χ2n) is 6.97. The molecule has 0 saturated carbocycles. The maximum atomic E-state index is 12.4. The quantitative estimate of drug-likeness (QED) is 0.538. The number of aryl methyl sites for hydroxylation is 1. The van der Waals surface area contributed by atoms with Gasteiger partial charge in [0.25, 0.3) is 5.91 Å². The second-order valence-corrected chi connectivity index (χ2v) is 6.97. The summed E-state index contributed by atoms with van der Waals surface area (Å²) in [6, 6.07) is 20.9. The van der Waals surface area contributed by atoms with Crippen molar-refractivity contribution in [2.24, 2.45) is 5.10 Å². The highest BCUT2D eigenvalue weighted by Crippen LogP contribution is 2.29. The molecule has 0 aromatic heterocycles. The molecule has 0 saturated heterocycles. The van der Waals surface area contributed by atoms with E-state index < -0.39 is 0 Å². The fourth-order valence-electron chi connectivity index (χ4n) is 3.31. The van der Waals surface area contributed by atoms with E-state index >= 15 is 0 Å². The number of benzene rings is 3. The predicted molar refractivity (Wildman–Crippen MR) is 111 cm³/mol. The number of fused-ring (bicyclic) bond motifs is 1. The molecule has 1 amide bonds. The lowest BCUT2D eigenvalue weighted by Crippen LogP contribution is -2.17. The molecule has 2 N–H and O–H groups in total. The lowest BCUT2D eigenvalue weighted by molar-refractivity contribution is 0.0955. The number of carbonyl (C=O) groups excluding carboxylic acids is 1. The molecule has 0 bridgehead atoms. The molecule has 0 aliphatic carbocycles. The smallest absolute Gasteiger partial charge is 0.271 e. The van der Waals surface area contributed by atoms with Crippen molar-refractivity contribution in [3.8, 4) is 5.75 Å². The number of aromatic hydroxyl groups is 1. The molecule has 3 aromatic carbocycles. The Hall–Kier alpha value is -3.60. The SMILES string of the molecule is Cc1ccc(N2Cc3ccc(C(=O)N/N=C/c4cccc(O)c4)cc3C2)cc1. The summed E-state index contributed by atoms with van der Waals surface area (Å²) in [4.78, 5) is 14.7. The van der Waals surface area contributed by atoms with Gasteiger partial charge < -0.3 is 10.0 Å². The number of rotatable bonds is 4. The van der Waals surface area contributed by atoms with Crippen molar-refractivity contribution in [1.82, 2.24) is 5.43 Å². The number of nitrogens with zero attached hydrogens (tertiary/aromatic N) is 2. The van der Waals surface area contributed by atoms with Crippen LogP contribution in [0, 0.1) is 6.92 Å². The standard InChI is InChI=1S/C23H21N3O2/c1-16-5-9-21(10-6-16)26-14-19-8-7-18(12-20(19)15-26)23(28)25-24-13-17-3-2-4-22(27)11-17/h2-13,27H,14-15H2,1H3,(H,25,28)/b24-13+. The predicted octanol–water partition coefficient (Wildman–Crippen LogP) is 3.98. The Labute approximate surface area is 163 Å². The maximum Gasteiger partial charge on any atom is 0.271 e. The van der Waals surface area contributed by atoms with E-state index in [9.17, 15) is 9.90 Å². The van der Waals surface area contributed by atoms with Gasteiger partial charge >= 0.3 is 0 Å². The van der Waals surface area contributed by atoms with Gasteiger partial charge in [-0.05, 0) is 60.0 Å². The van der Waals surface area contributed by atoms with Crippen LogP contribution in [0.5, 0.6) is 5.75 Å². The average molecular weight is 371 g/mol. The molecule has 4 rings (SSSR count). The summed E-state index contributed by atoms with van der Waals surface area (Å²) >= 11 is 0. The summed E-state index contributed by atoms with van der Waals surface area (Å²) < 4.78 is 0. The monoisotopic (exact) mass is 371 g/mol. The van der Waals surface area contributed by atoms with Gasteiger partial charge in [0, 0.05) is 24.3 Å². The first-order valence-corrected chi connectivity index (χ1v) is 9.14. The summed E-state index contributed by atoms with van der Waals surface area (Å²) in [6.07, 6.45) is 1.50.